The van der Waals surface area contributed by atoms with E-state index in [4.69, 9.17) is 9.47 Å². The van der Waals surface area contributed by atoms with Gasteiger partial charge in [-0.1, -0.05) is 54.6 Å². The average molecular weight is 713 g/mol. The van der Waals surface area contributed by atoms with Crippen LogP contribution in [0.4, 0.5) is 22.7 Å². The number of nitrogens with zero attached hydrogens (tertiary/aromatic N) is 4. The summed E-state index contributed by atoms with van der Waals surface area (Å²) in [5, 5.41) is 38.3. The molecule has 0 aromatic heterocycles. The minimum absolute atomic E-state index is 0.0291. The number of methoxy groups -OCH3 is 2. The second-order valence-electron chi connectivity index (χ2n) is 10.7. The molecule has 2 N–H and O–H groups in total. The van der Waals surface area contributed by atoms with E-state index >= 15 is 0 Å². The number of fused-ring (bicyclic) bond motifs is 2. The van der Waals surface area contributed by atoms with E-state index in [2.05, 4.69) is 20.5 Å². The van der Waals surface area contributed by atoms with Gasteiger partial charge in [0.05, 0.1) is 24.0 Å². The first-order chi connectivity index (χ1) is 23.8. The molecule has 254 valence electrons. The minimum Gasteiger partial charge on any atom is -0.744 e. The smallest absolute Gasteiger partial charge is 0.150 e. The number of phenolic OH excluding ortho intramolecular Hbond substituents is 2. The zero-order valence-corrected chi connectivity index (χ0v) is 27.6. The van der Waals surface area contributed by atoms with Crippen LogP contribution in [0.15, 0.2) is 127 Å². The van der Waals surface area contributed by atoms with Gasteiger partial charge in [-0.2, -0.15) is 0 Å². The molecule has 0 spiro atoms. The van der Waals surface area contributed by atoms with Crippen molar-refractivity contribution in [2.45, 2.75) is 9.79 Å². The van der Waals surface area contributed by atoms with E-state index in [0.29, 0.717) is 22.6 Å². The van der Waals surface area contributed by atoms with Crippen molar-refractivity contribution < 1.29 is 45.6 Å². The lowest BCUT2D eigenvalue weighted by molar-refractivity contribution is 0.415. The van der Waals surface area contributed by atoms with E-state index in [1.165, 1.54) is 50.6 Å². The van der Waals surface area contributed by atoms with Gasteiger partial charge in [0.15, 0.2) is 11.5 Å². The van der Waals surface area contributed by atoms with Gasteiger partial charge in [-0.25, -0.2) is 16.8 Å². The van der Waals surface area contributed by atoms with Crippen molar-refractivity contribution in [2.75, 3.05) is 14.2 Å². The molecule has 50 heavy (non-hydrogen) atoms. The summed E-state index contributed by atoms with van der Waals surface area (Å²) in [5.41, 5.74) is 1.70. The standard InChI is InChI=1S/C34H26N4O10S2/c1-47-29-16-19(10-13-25(29)35-37-27-15-12-22-24(33(27)39)8-5-9-31(22)49(41,42)43)20-11-14-26(30(17-20)48-2)36-38-28-18-32(50(44,45)46)21-6-3-4-7-23(21)34(28)40/h3-18,39-40H,1-2H3,(H,41,42,43)(H,44,45,46)/p-2. The number of rotatable bonds is 9. The number of aromatic hydroxyl groups is 2. The molecule has 6 aromatic rings. The lowest BCUT2D eigenvalue weighted by atomic mass is 10.0. The first kappa shape index (κ1) is 33.9. The van der Waals surface area contributed by atoms with Gasteiger partial charge in [-0.05, 0) is 53.6 Å². The summed E-state index contributed by atoms with van der Waals surface area (Å²) in [5.74, 6) is -0.102. The Morgan fingerprint density at radius 1 is 0.500 bits per heavy atom. The number of hydrogen-bond donors (Lipinski definition) is 2. The zero-order chi connectivity index (χ0) is 35.8. The van der Waals surface area contributed by atoms with Crippen molar-refractivity contribution in [1.29, 1.82) is 0 Å². The summed E-state index contributed by atoms with van der Waals surface area (Å²) in [6.07, 6.45) is 0. The first-order valence-electron chi connectivity index (χ1n) is 14.4. The van der Waals surface area contributed by atoms with Crippen LogP contribution in [0, 0.1) is 0 Å². The Morgan fingerprint density at radius 3 is 1.48 bits per heavy atom. The van der Waals surface area contributed by atoms with Gasteiger partial charge >= 0.3 is 0 Å². The largest absolute Gasteiger partial charge is 0.744 e. The molecule has 0 aliphatic heterocycles. The fraction of sp³-hybridized carbons (Fsp3) is 0.0588. The van der Waals surface area contributed by atoms with Crippen molar-refractivity contribution in [1.82, 2.24) is 0 Å². The minimum atomic E-state index is -4.89. The Hall–Kier alpha value is -5.94. The second kappa shape index (κ2) is 13.2. The summed E-state index contributed by atoms with van der Waals surface area (Å²) < 4.78 is 81.7. The predicted octanol–water partition coefficient (Wildman–Crippen LogP) is 7.73. The van der Waals surface area contributed by atoms with E-state index in [9.17, 15) is 36.2 Å². The Bertz CT molecular complexity index is 2610. The van der Waals surface area contributed by atoms with Crippen molar-refractivity contribution in [3.8, 4) is 34.1 Å². The van der Waals surface area contributed by atoms with E-state index in [0.717, 1.165) is 12.1 Å². The number of azo groups is 2. The summed E-state index contributed by atoms with van der Waals surface area (Å²) >= 11 is 0. The van der Waals surface area contributed by atoms with E-state index in [1.54, 1.807) is 48.5 Å². The van der Waals surface area contributed by atoms with E-state index in [1.807, 2.05) is 0 Å². The monoisotopic (exact) mass is 712 g/mol. The molecular weight excluding hydrogens is 689 g/mol. The van der Waals surface area contributed by atoms with Crippen LogP contribution in [-0.4, -0.2) is 50.4 Å². The van der Waals surface area contributed by atoms with Crippen LogP contribution in [0.2, 0.25) is 0 Å². The van der Waals surface area contributed by atoms with Gasteiger partial charge in [0, 0.05) is 21.5 Å². The highest BCUT2D eigenvalue weighted by Gasteiger charge is 2.17. The molecule has 0 heterocycles. The third-order valence-corrected chi connectivity index (χ3v) is 9.46. The molecule has 0 unspecified atom stereocenters. The fourth-order valence-electron chi connectivity index (χ4n) is 5.29. The molecule has 0 aliphatic rings. The number of ether oxygens (including phenoxy) is 2. The molecule has 0 saturated carbocycles. The maximum Gasteiger partial charge on any atom is 0.150 e. The molecule has 14 nitrogen and oxygen atoms in total. The lowest BCUT2D eigenvalue weighted by Crippen LogP contribution is -1.99. The van der Waals surface area contributed by atoms with E-state index in [-0.39, 0.29) is 55.9 Å². The normalized spacial score (nSPS) is 12.3. The van der Waals surface area contributed by atoms with E-state index < -0.39 is 30.0 Å². The zero-order valence-electron chi connectivity index (χ0n) is 26.0. The number of benzene rings is 6. The third kappa shape index (κ3) is 6.55. The Morgan fingerprint density at radius 2 is 0.940 bits per heavy atom. The molecule has 16 heteroatoms. The number of phenols is 2. The van der Waals surface area contributed by atoms with Crippen LogP contribution in [-0.2, 0) is 20.2 Å². The second-order valence-corrected chi connectivity index (χ2v) is 13.4. The topological polar surface area (TPSA) is 223 Å². The summed E-state index contributed by atoms with van der Waals surface area (Å²) in [4.78, 5) is -1.00. The predicted molar refractivity (Wildman–Crippen MR) is 180 cm³/mol. The Balaban J connectivity index is 1.30. The Labute approximate surface area is 285 Å². The molecule has 0 fully saturated rings. The summed E-state index contributed by atoms with van der Waals surface area (Å²) in [7, 11) is -6.81. The summed E-state index contributed by atoms with van der Waals surface area (Å²) in [6, 6.07) is 23.6. The van der Waals surface area contributed by atoms with Crippen molar-refractivity contribution >= 4 is 64.5 Å². The van der Waals surface area contributed by atoms with Gasteiger partial charge in [-0.3, -0.25) is 0 Å². The van der Waals surface area contributed by atoms with Crippen LogP contribution in [0.5, 0.6) is 23.0 Å². The van der Waals surface area contributed by atoms with Crippen molar-refractivity contribution in [3.63, 3.8) is 0 Å². The van der Waals surface area contributed by atoms with Crippen molar-refractivity contribution in [3.05, 3.63) is 97.1 Å². The number of hydrogen-bond acceptors (Lipinski definition) is 14. The van der Waals surface area contributed by atoms with Crippen LogP contribution in [0.3, 0.4) is 0 Å². The average Bonchev–Trinajstić information content (AvgIpc) is 3.10. The molecule has 0 radical (unpaired) electrons. The maximum absolute atomic E-state index is 11.9. The lowest BCUT2D eigenvalue weighted by Gasteiger charge is -2.13. The quantitative estimate of drug-likeness (QED) is 0.110. The maximum atomic E-state index is 11.9. The van der Waals surface area contributed by atoms with Crippen LogP contribution in [0.25, 0.3) is 32.7 Å². The highest BCUT2D eigenvalue weighted by Crippen LogP contribution is 2.43. The van der Waals surface area contributed by atoms with Crippen LogP contribution in [0.1, 0.15) is 0 Å². The molecule has 6 aromatic carbocycles. The highest BCUT2D eigenvalue weighted by molar-refractivity contribution is 7.86. The molecular formula is C34H24N4O10S2-2. The van der Waals surface area contributed by atoms with Gasteiger partial charge in [0.1, 0.15) is 54.5 Å². The molecule has 0 amide bonds. The fourth-order valence-corrected chi connectivity index (χ4v) is 6.69. The third-order valence-electron chi connectivity index (χ3n) is 7.69. The summed E-state index contributed by atoms with van der Waals surface area (Å²) in [6.45, 7) is 0. The molecule has 6 rings (SSSR count). The first-order valence-corrected chi connectivity index (χ1v) is 17.2. The molecule has 0 atom stereocenters. The Kier molecular flexibility index (Phi) is 8.94. The molecule has 0 saturated heterocycles. The van der Waals surface area contributed by atoms with Gasteiger partial charge in [0.25, 0.3) is 0 Å². The van der Waals surface area contributed by atoms with Gasteiger partial charge < -0.3 is 28.8 Å². The SMILES string of the molecule is COc1cc(-c2ccc(N=Nc3cc(S(=O)(=O)[O-])c4ccccc4c3O)c(OC)c2)ccc1N=Nc1ccc2c(S(=O)(=O)[O-])cccc2c1O. The highest BCUT2D eigenvalue weighted by atomic mass is 32.2. The van der Waals surface area contributed by atoms with Gasteiger partial charge in [-0.15, -0.1) is 20.5 Å². The van der Waals surface area contributed by atoms with Crippen molar-refractivity contribution in [2.24, 2.45) is 20.5 Å². The van der Waals surface area contributed by atoms with Crippen LogP contribution < -0.4 is 9.47 Å². The van der Waals surface area contributed by atoms with Crippen LogP contribution >= 0.6 is 0 Å². The van der Waals surface area contributed by atoms with Gasteiger partial charge in [0.2, 0.25) is 0 Å². The molecule has 0 aliphatic carbocycles. The molecule has 0 bridgehead atoms.